The molecule has 1 N–H and O–H groups in total. The van der Waals surface area contributed by atoms with E-state index in [4.69, 9.17) is 14.6 Å². The smallest absolute Gasteiger partial charge is 0.314 e. The van der Waals surface area contributed by atoms with Crippen molar-refractivity contribution >= 4 is 5.97 Å². The van der Waals surface area contributed by atoms with Crippen molar-refractivity contribution in [3.63, 3.8) is 0 Å². The number of aliphatic carboxylic acids is 1. The molecule has 86 valence electrons. The van der Waals surface area contributed by atoms with Crippen LogP contribution in [0.5, 0.6) is 0 Å². The van der Waals surface area contributed by atoms with Crippen molar-refractivity contribution in [1.29, 1.82) is 0 Å². The Kier molecular flexibility index (Phi) is 2.73. The van der Waals surface area contributed by atoms with Gasteiger partial charge in [-0.2, -0.15) is 0 Å². The molecule has 0 radical (unpaired) electrons. The van der Waals surface area contributed by atoms with Crippen LogP contribution >= 0.6 is 0 Å². The summed E-state index contributed by atoms with van der Waals surface area (Å²) in [5.41, 5.74) is -0.872. The first-order valence-corrected chi connectivity index (χ1v) is 5.58. The maximum absolute atomic E-state index is 11.0. The molecule has 1 aliphatic carbocycles. The molecule has 1 aliphatic heterocycles. The first-order valence-electron chi connectivity index (χ1n) is 5.58. The van der Waals surface area contributed by atoms with E-state index in [0.717, 1.165) is 25.7 Å². The van der Waals surface area contributed by atoms with Crippen molar-refractivity contribution in [3.05, 3.63) is 0 Å². The Bertz CT molecular complexity index is 245. The molecule has 2 rings (SSSR count). The largest absolute Gasteiger partial charge is 0.481 e. The van der Waals surface area contributed by atoms with E-state index in [1.165, 1.54) is 6.42 Å². The van der Waals surface area contributed by atoms with E-state index in [-0.39, 0.29) is 13.2 Å². The standard InChI is InChI=1S/C11H18O4/c1-10(9(12)13)7-14-11(15-8-10)5-3-2-4-6-11/h2-8H2,1H3,(H,12,13). The van der Waals surface area contributed by atoms with Gasteiger partial charge in [-0.15, -0.1) is 0 Å². The van der Waals surface area contributed by atoms with E-state index in [2.05, 4.69) is 0 Å². The number of ether oxygens (including phenoxy) is 2. The summed E-state index contributed by atoms with van der Waals surface area (Å²) in [5.74, 6) is -1.30. The van der Waals surface area contributed by atoms with Crippen LogP contribution in [0.15, 0.2) is 0 Å². The summed E-state index contributed by atoms with van der Waals surface area (Å²) < 4.78 is 11.4. The van der Waals surface area contributed by atoms with Crippen LogP contribution in [0.1, 0.15) is 39.0 Å². The van der Waals surface area contributed by atoms with Crippen LogP contribution in [0, 0.1) is 5.41 Å². The highest BCUT2D eigenvalue weighted by Crippen LogP contribution is 2.39. The van der Waals surface area contributed by atoms with Gasteiger partial charge in [-0.1, -0.05) is 6.42 Å². The number of hydrogen-bond acceptors (Lipinski definition) is 3. The molecule has 2 aliphatic rings. The molecule has 0 atom stereocenters. The first kappa shape index (κ1) is 10.9. The molecule has 1 spiro atoms. The zero-order valence-corrected chi connectivity index (χ0v) is 9.12. The third kappa shape index (κ3) is 2.01. The van der Waals surface area contributed by atoms with Crippen LogP contribution < -0.4 is 0 Å². The average Bonchev–Trinajstić information content (AvgIpc) is 2.24. The Balaban J connectivity index is 1.99. The van der Waals surface area contributed by atoms with Crippen LogP contribution in [0.25, 0.3) is 0 Å². The maximum atomic E-state index is 11.0. The van der Waals surface area contributed by atoms with Gasteiger partial charge in [0.15, 0.2) is 5.79 Å². The molecule has 0 unspecified atom stereocenters. The lowest BCUT2D eigenvalue weighted by Crippen LogP contribution is -2.52. The van der Waals surface area contributed by atoms with Crippen LogP contribution in [-0.4, -0.2) is 30.1 Å². The molecule has 0 aromatic heterocycles. The van der Waals surface area contributed by atoms with Crippen LogP contribution in [-0.2, 0) is 14.3 Å². The third-order valence-electron chi connectivity index (χ3n) is 3.44. The van der Waals surface area contributed by atoms with Gasteiger partial charge in [0.2, 0.25) is 0 Å². The number of hydrogen-bond donors (Lipinski definition) is 1. The predicted molar refractivity (Wildman–Crippen MR) is 53.5 cm³/mol. The molecule has 15 heavy (non-hydrogen) atoms. The zero-order chi connectivity index (χ0) is 10.9. The van der Waals surface area contributed by atoms with Gasteiger partial charge in [-0.3, -0.25) is 4.79 Å². The van der Waals surface area contributed by atoms with Gasteiger partial charge in [-0.25, -0.2) is 0 Å². The van der Waals surface area contributed by atoms with E-state index >= 15 is 0 Å². The number of carboxylic acid groups (broad SMARTS) is 1. The molecule has 1 saturated heterocycles. The fraction of sp³-hybridized carbons (Fsp3) is 0.909. The summed E-state index contributed by atoms with van der Waals surface area (Å²) in [6.45, 7) is 2.20. The van der Waals surface area contributed by atoms with Gasteiger partial charge in [-0.05, 0) is 19.8 Å². The highest BCUT2D eigenvalue weighted by atomic mass is 16.7. The van der Waals surface area contributed by atoms with Crippen LogP contribution in [0.2, 0.25) is 0 Å². The average molecular weight is 214 g/mol. The van der Waals surface area contributed by atoms with Gasteiger partial charge < -0.3 is 14.6 Å². The van der Waals surface area contributed by atoms with Crippen LogP contribution in [0.4, 0.5) is 0 Å². The van der Waals surface area contributed by atoms with Gasteiger partial charge in [0, 0.05) is 12.8 Å². The van der Waals surface area contributed by atoms with E-state index in [1.807, 2.05) is 0 Å². The van der Waals surface area contributed by atoms with Crippen molar-refractivity contribution < 1.29 is 19.4 Å². The van der Waals surface area contributed by atoms with Crippen molar-refractivity contribution in [1.82, 2.24) is 0 Å². The molecule has 1 saturated carbocycles. The lowest BCUT2D eigenvalue weighted by atomic mass is 9.88. The van der Waals surface area contributed by atoms with E-state index in [0.29, 0.717) is 0 Å². The fourth-order valence-electron chi connectivity index (χ4n) is 2.17. The van der Waals surface area contributed by atoms with Crippen molar-refractivity contribution in [2.45, 2.75) is 44.8 Å². The zero-order valence-electron chi connectivity index (χ0n) is 9.12. The minimum absolute atomic E-state index is 0.266. The van der Waals surface area contributed by atoms with Gasteiger partial charge in [0.05, 0.1) is 13.2 Å². The molecule has 0 amide bonds. The fourth-order valence-corrected chi connectivity index (χ4v) is 2.17. The number of carboxylic acids is 1. The molecule has 2 fully saturated rings. The van der Waals surface area contributed by atoms with E-state index < -0.39 is 17.2 Å². The molecule has 1 heterocycles. The van der Waals surface area contributed by atoms with Crippen molar-refractivity contribution in [3.8, 4) is 0 Å². The summed E-state index contributed by atoms with van der Waals surface area (Å²) in [6.07, 6.45) is 5.27. The number of carbonyl (C=O) groups is 1. The molecule has 0 aromatic carbocycles. The summed E-state index contributed by atoms with van der Waals surface area (Å²) >= 11 is 0. The van der Waals surface area contributed by atoms with Crippen molar-refractivity contribution in [2.75, 3.05) is 13.2 Å². The Hall–Kier alpha value is -0.610. The topological polar surface area (TPSA) is 55.8 Å². The van der Waals surface area contributed by atoms with E-state index in [9.17, 15) is 4.79 Å². The summed E-state index contributed by atoms with van der Waals surface area (Å²) in [4.78, 5) is 11.0. The monoisotopic (exact) mass is 214 g/mol. The summed E-state index contributed by atoms with van der Waals surface area (Å²) in [5, 5.41) is 9.02. The van der Waals surface area contributed by atoms with Crippen molar-refractivity contribution in [2.24, 2.45) is 5.41 Å². The highest BCUT2D eigenvalue weighted by molar-refractivity contribution is 5.74. The normalized spacial score (nSPS) is 28.9. The van der Waals surface area contributed by atoms with E-state index in [1.54, 1.807) is 6.92 Å². The Morgan fingerprint density at radius 1 is 1.13 bits per heavy atom. The predicted octanol–water partition coefficient (Wildman–Crippen LogP) is 1.78. The second-order valence-electron chi connectivity index (χ2n) is 4.91. The molecule has 4 nitrogen and oxygen atoms in total. The molecule has 0 aromatic rings. The second-order valence-corrected chi connectivity index (χ2v) is 4.91. The third-order valence-corrected chi connectivity index (χ3v) is 3.44. The Labute approximate surface area is 89.6 Å². The van der Waals surface area contributed by atoms with Gasteiger partial charge >= 0.3 is 5.97 Å². The minimum Gasteiger partial charge on any atom is -0.481 e. The first-order chi connectivity index (χ1) is 7.06. The van der Waals surface area contributed by atoms with Crippen LogP contribution in [0.3, 0.4) is 0 Å². The minimum atomic E-state index is -0.872. The molecular weight excluding hydrogens is 196 g/mol. The highest BCUT2D eigenvalue weighted by Gasteiger charge is 2.46. The van der Waals surface area contributed by atoms with Gasteiger partial charge in [0.1, 0.15) is 5.41 Å². The summed E-state index contributed by atoms with van der Waals surface area (Å²) in [6, 6.07) is 0. The molecule has 4 heteroatoms. The number of rotatable bonds is 1. The Morgan fingerprint density at radius 3 is 2.13 bits per heavy atom. The molecule has 0 bridgehead atoms. The molecular formula is C11H18O4. The second kappa shape index (κ2) is 3.76. The lowest BCUT2D eigenvalue weighted by Gasteiger charge is -2.44. The SMILES string of the molecule is CC1(C(=O)O)COC2(CCCCC2)OC1. The lowest BCUT2D eigenvalue weighted by molar-refractivity contribution is -0.309. The Morgan fingerprint density at radius 2 is 1.67 bits per heavy atom. The summed E-state index contributed by atoms with van der Waals surface area (Å²) in [7, 11) is 0. The quantitative estimate of drug-likeness (QED) is 0.723. The maximum Gasteiger partial charge on any atom is 0.314 e. The van der Waals surface area contributed by atoms with Gasteiger partial charge in [0.25, 0.3) is 0 Å².